The predicted molar refractivity (Wildman–Crippen MR) is 156 cm³/mol. The Bertz CT molecular complexity index is 1620. The van der Waals surface area contributed by atoms with Crippen molar-refractivity contribution in [1.29, 1.82) is 0 Å². The molecule has 3 N–H and O–H groups in total. The number of benzene rings is 4. The number of methoxy groups -OCH3 is 1. The number of carbonyl (C=O) groups is 1. The summed E-state index contributed by atoms with van der Waals surface area (Å²) >= 11 is 1.03. The van der Waals surface area contributed by atoms with Gasteiger partial charge in [0.05, 0.1) is 12.0 Å². The number of nitrogens with one attached hydrogen (secondary N) is 2. The largest absolute Gasteiger partial charge is 0.497 e. The summed E-state index contributed by atoms with van der Waals surface area (Å²) in [5.74, 6) is 0.658. The maximum Gasteiger partial charge on any atom is 0.307 e. The van der Waals surface area contributed by atoms with Gasteiger partial charge < -0.3 is 15.2 Å². The average Bonchev–Trinajstić information content (AvgIpc) is 3.29. The van der Waals surface area contributed by atoms with Gasteiger partial charge in [-0.2, -0.15) is 0 Å². The Kier molecular flexibility index (Phi) is 7.89. The number of aromatic nitrogens is 1. The predicted octanol–water partition coefficient (Wildman–Crippen LogP) is 6.05. The summed E-state index contributed by atoms with van der Waals surface area (Å²) in [5, 5.41) is 12.8. The first-order chi connectivity index (χ1) is 19.0. The zero-order valence-corrected chi connectivity index (χ0v) is 22.3. The van der Waals surface area contributed by atoms with E-state index in [4.69, 9.17) is 4.74 Å². The van der Waals surface area contributed by atoms with Crippen molar-refractivity contribution in [2.45, 2.75) is 12.8 Å². The molecule has 0 saturated carbocycles. The topological polar surface area (TPSA) is 91.4 Å². The second-order valence-corrected chi connectivity index (χ2v) is 10.2. The molecule has 196 valence electrons. The Hall–Kier alpha value is -4.62. The van der Waals surface area contributed by atoms with E-state index < -0.39 is 0 Å². The van der Waals surface area contributed by atoms with Crippen LogP contribution in [0.15, 0.2) is 102 Å². The van der Waals surface area contributed by atoms with E-state index in [0.29, 0.717) is 29.8 Å². The van der Waals surface area contributed by atoms with Crippen LogP contribution in [-0.4, -0.2) is 29.7 Å². The number of aromatic amines is 1. The first kappa shape index (κ1) is 26.0. The van der Waals surface area contributed by atoms with Crippen LogP contribution in [-0.2, 0) is 12.8 Å². The zero-order valence-electron chi connectivity index (χ0n) is 21.4. The van der Waals surface area contributed by atoms with Crippen LogP contribution < -0.4 is 14.9 Å². The molecule has 0 bridgehead atoms. The lowest BCUT2D eigenvalue weighted by Crippen LogP contribution is -2.25. The minimum Gasteiger partial charge on any atom is -0.497 e. The summed E-state index contributed by atoms with van der Waals surface area (Å²) < 4.78 is 5.21. The van der Waals surface area contributed by atoms with Crippen LogP contribution >= 0.6 is 11.3 Å². The van der Waals surface area contributed by atoms with Gasteiger partial charge in [0.2, 0.25) is 5.88 Å². The van der Waals surface area contributed by atoms with E-state index in [9.17, 15) is 14.7 Å². The van der Waals surface area contributed by atoms with E-state index >= 15 is 0 Å². The van der Waals surface area contributed by atoms with Crippen LogP contribution in [0.3, 0.4) is 0 Å². The number of hydrogen-bond acceptors (Lipinski definition) is 5. The van der Waals surface area contributed by atoms with E-state index in [2.05, 4.69) is 28.5 Å². The summed E-state index contributed by atoms with van der Waals surface area (Å²) in [6, 6.07) is 31.8. The van der Waals surface area contributed by atoms with Crippen molar-refractivity contribution < 1.29 is 14.6 Å². The van der Waals surface area contributed by atoms with Crippen LogP contribution in [0.5, 0.6) is 11.6 Å². The van der Waals surface area contributed by atoms with Crippen molar-refractivity contribution in [3.05, 3.63) is 128 Å². The molecule has 1 amide bonds. The summed E-state index contributed by atoms with van der Waals surface area (Å²) in [6.45, 7) is 0.532. The molecule has 6 nitrogen and oxygen atoms in total. The fourth-order valence-corrected chi connectivity index (χ4v) is 5.16. The molecular weight excluding hydrogens is 508 g/mol. The van der Waals surface area contributed by atoms with Crippen molar-refractivity contribution >= 4 is 17.2 Å². The van der Waals surface area contributed by atoms with Gasteiger partial charge in [-0.05, 0) is 64.1 Å². The average molecular weight is 537 g/mol. The van der Waals surface area contributed by atoms with Crippen molar-refractivity contribution in [3.63, 3.8) is 0 Å². The maximum atomic E-state index is 12.7. The molecule has 0 unspecified atom stereocenters. The third-order valence-corrected chi connectivity index (χ3v) is 7.42. The van der Waals surface area contributed by atoms with Gasteiger partial charge in [-0.3, -0.25) is 14.6 Å². The molecular formula is C32H28N2O4S. The second kappa shape index (κ2) is 11.8. The highest BCUT2D eigenvalue weighted by atomic mass is 32.1. The van der Waals surface area contributed by atoms with E-state index in [1.807, 2.05) is 78.9 Å². The van der Waals surface area contributed by atoms with Crippen LogP contribution in [0.1, 0.15) is 26.4 Å². The quantitative estimate of drug-likeness (QED) is 0.214. The summed E-state index contributed by atoms with van der Waals surface area (Å²) in [4.78, 5) is 26.9. The minimum absolute atomic E-state index is 0.0561. The summed E-state index contributed by atoms with van der Waals surface area (Å²) in [7, 11) is 1.64. The summed E-state index contributed by atoms with van der Waals surface area (Å²) in [6.07, 6.45) is 1.22. The third kappa shape index (κ3) is 6.45. The molecule has 0 saturated heterocycles. The molecule has 39 heavy (non-hydrogen) atoms. The molecule has 7 heteroatoms. The number of rotatable bonds is 9. The lowest BCUT2D eigenvalue weighted by molar-refractivity contribution is 0.0954. The van der Waals surface area contributed by atoms with Crippen molar-refractivity contribution in [2.24, 2.45) is 0 Å². The van der Waals surface area contributed by atoms with Gasteiger partial charge in [-0.15, -0.1) is 0 Å². The van der Waals surface area contributed by atoms with Gasteiger partial charge in [-0.25, -0.2) is 0 Å². The fraction of sp³-hybridized carbons (Fsp3) is 0.125. The van der Waals surface area contributed by atoms with E-state index in [1.165, 1.54) is 0 Å². The molecule has 0 radical (unpaired) electrons. The van der Waals surface area contributed by atoms with Gasteiger partial charge >= 0.3 is 4.87 Å². The number of thiazole rings is 1. The monoisotopic (exact) mass is 536 g/mol. The number of aromatic hydroxyl groups is 1. The molecule has 0 atom stereocenters. The minimum atomic E-state index is -0.255. The molecule has 0 aliphatic heterocycles. The Balaban J connectivity index is 1.16. The number of hydrogen-bond donors (Lipinski definition) is 3. The first-order valence-corrected chi connectivity index (χ1v) is 13.4. The number of amides is 1. The van der Waals surface area contributed by atoms with Gasteiger partial charge in [0.1, 0.15) is 5.75 Å². The van der Waals surface area contributed by atoms with Gasteiger partial charge in [-0.1, -0.05) is 84.1 Å². The van der Waals surface area contributed by atoms with E-state index in [0.717, 1.165) is 50.5 Å². The Morgan fingerprint density at radius 2 is 1.49 bits per heavy atom. The normalized spacial score (nSPS) is 10.8. The van der Waals surface area contributed by atoms with Crippen molar-refractivity contribution in [2.75, 3.05) is 13.7 Å². The maximum absolute atomic E-state index is 12.7. The van der Waals surface area contributed by atoms with Crippen LogP contribution in [0, 0.1) is 0 Å². The highest BCUT2D eigenvalue weighted by Crippen LogP contribution is 2.25. The van der Waals surface area contributed by atoms with Crippen molar-refractivity contribution in [3.8, 4) is 33.9 Å². The standard InChI is InChI=1S/C32H28N2O4S/c1-38-28-15-13-24(14-16-28)23-9-11-26(12-10-23)30(35)33-18-17-21-3-2-4-27(19-21)25-7-5-22(6-8-25)20-29-31(36)34-32(37)39-29/h2-16,19,36H,17-18,20H2,1H3,(H,33,35)(H,34,37). The molecule has 0 fully saturated rings. The third-order valence-electron chi connectivity index (χ3n) is 6.55. The second-order valence-electron chi connectivity index (χ2n) is 9.17. The SMILES string of the molecule is COc1ccc(-c2ccc(C(=O)NCCc3cccc(-c4ccc(Cc5sc(=O)[nH]c5O)cc4)c3)cc2)cc1. The highest BCUT2D eigenvalue weighted by molar-refractivity contribution is 7.09. The fourth-order valence-electron chi connectivity index (χ4n) is 4.40. The van der Waals surface area contributed by atoms with Crippen LogP contribution in [0.25, 0.3) is 22.3 Å². The molecule has 0 aliphatic carbocycles. The lowest BCUT2D eigenvalue weighted by atomic mass is 10.00. The molecule has 4 aromatic carbocycles. The van der Waals surface area contributed by atoms with Gasteiger partial charge in [0.15, 0.2) is 0 Å². The molecule has 5 rings (SSSR count). The lowest BCUT2D eigenvalue weighted by Gasteiger charge is -2.09. The van der Waals surface area contributed by atoms with Crippen LogP contribution in [0.4, 0.5) is 0 Å². The summed E-state index contributed by atoms with van der Waals surface area (Å²) in [5.41, 5.74) is 7.05. The zero-order chi connectivity index (χ0) is 27.2. The van der Waals surface area contributed by atoms with E-state index in [1.54, 1.807) is 7.11 Å². The van der Waals surface area contributed by atoms with Gasteiger partial charge in [0, 0.05) is 18.5 Å². The number of H-pyrrole nitrogens is 1. The van der Waals surface area contributed by atoms with Crippen LogP contribution in [0.2, 0.25) is 0 Å². The molecule has 1 heterocycles. The number of carbonyl (C=O) groups excluding carboxylic acids is 1. The van der Waals surface area contributed by atoms with E-state index in [-0.39, 0.29) is 16.7 Å². The Labute approximate surface area is 230 Å². The number of ether oxygens (including phenoxy) is 1. The highest BCUT2D eigenvalue weighted by Gasteiger charge is 2.09. The Morgan fingerprint density at radius 3 is 2.13 bits per heavy atom. The van der Waals surface area contributed by atoms with Gasteiger partial charge in [0.25, 0.3) is 5.91 Å². The molecule has 1 aromatic heterocycles. The van der Waals surface area contributed by atoms with Crippen molar-refractivity contribution in [1.82, 2.24) is 10.3 Å². The molecule has 5 aromatic rings. The molecule has 0 spiro atoms. The Morgan fingerprint density at radius 1 is 0.846 bits per heavy atom. The molecule has 0 aliphatic rings. The first-order valence-electron chi connectivity index (χ1n) is 12.6. The smallest absolute Gasteiger partial charge is 0.307 e.